The maximum absolute atomic E-state index is 13.2. The van der Waals surface area contributed by atoms with Crippen molar-refractivity contribution >= 4 is 34.6 Å². The predicted octanol–water partition coefficient (Wildman–Crippen LogP) is 8.57. The third-order valence-corrected chi connectivity index (χ3v) is 10.3. The highest BCUT2D eigenvalue weighted by molar-refractivity contribution is 7.12. The van der Waals surface area contributed by atoms with Gasteiger partial charge in [0.25, 0.3) is 0 Å². The number of carbonyl (C=O) groups is 2. The Morgan fingerprint density at radius 1 is 0.933 bits per heavy atom. The molecule has 248 valence electrons. The molecule has 0 N–H and O–H groups in total. The number of ether oxygens (including phenoxy) is 2. The van der Waals surface area contributed by atoms with Gasteiger partial charge in [0, 0.05) is 45.5 Å². The summed E-state index contributed by atoms with van der Waals surface area (Å²) < 4.78 is 11.0. The lowest BCUT2D eigenvalue weighted by molar-refractivity contribution is -0.142. The van der Waals surface area contributed by atoms with Crippen molar-refractivity contribution in [3.05, 3.63) is 48.7 Å². The summed E-state index contributed by atoms with van der Waals surface area (Å²) in [6, 6.07) is 4.53. The second kappa shape index (κ2) is 15.2. The monoisotopic (exact) mass is 655 g/mol. The highest BCUT2D eigenvalue weighted by Gasteiger charge is 2.30. The van der Waals surface area contributed by atoms with Crippen LogP contribution in [0.3, 0.4) is 0 Å². The van der Waals surface area contributed by atoms with Crippen molar-refractivity contribution in [2.24, 2.45) is 0 Å². The van der Waals surface area contributed by atoms with Crippen molar-refractivity contribution < 1.29 is 19.1 Å². The lowest BCUT2D eigenvalue weighted by Gasteiger charge is -2.31. The summed E-state index contributed by atoms with van der Waals surface area (Å²) in [7, 11) is 1.77. The van der Waals surface area contributed by atoms with Crippen LogP contribution in [-0.2, 0) is 38.0 Å². The predicted molar refractivity (Wildman–Crippen MR) is 187 cm³/mol. The number of likely N-dealkylation sites (tertiary alicyclic amines) is 1. The van der Waals surface area contributed by atoms with Crippen LogP contribution in [0.5, 0.6) is 5.75 Å². The number of esters is 1. The first-order chi connectivity index (χ1) is 21.1. The normalized spacial score (nSPS) is 14.2. The minimum Gasteiger partial charge on any atom is -0.496 e. The average Bonchev–Trinajstić information content (AvgIpc) is 3.53. The molecule has 0 spiro atoms. The average molecular weight is 656 g/mol. The molecule has 4 rings (SSSR count). The Kier molecular flexibility index (Phi) is 12.4. The Balaban J connectivity index is 0.00000271. The van der Waals surface area contributed by atoms with Gasteiger partial charge in [-0.3, -0.25) is 9.59 Å². The van der Waals surface area contributed by atoms with Gasteiger partial charge in [0.1, 0.15) is 10.8 Å². The molecule has 1 saturated heterocycles. The maximum Gasteiger partial charge on any atom is 0.311 e. The van der Waals surface area contributed by atoms with E-state index in [0.29, 0.717) is 25.6 Å². The maximum atomic E-state index is 13.2. The molecule has 0 bridgehead atoms. The van der Waals surface area contributed by atoms with Crippen LogP contribution in [0.2, 0.25) is 0 Å². The number of aryl methyl sites for hydroxylation is 2. The highest BCUT2D eigenvalue weighted by Crippen LogP contribution is 2.44. The summed E-state index contributed by atoms with van der Waals surface area (Å²) in [5.74, 6) is 1.14. The zero-order valence-electron chi connectivity index (χ0n) is 29.5. The van der Waals surface area contributed by atoms with E-state index in [4.69, 9.17) is 14.5 Å². The van der Waals surface area contributed by atoms with Crippen molar-refractivity contribution in [2.75, 3.05) is 26.8 Å². The Bertz CT molecular complexity index is 1430. The van der Waals surface area contributed by atoms with E-state index in [-0.39, 0.29) is 35.5 Å². The second-order valence-corrected chi connectivity index (χ2v) is 15.9. The molecular formula is C36H53N3O4S2. The number of nitrogens with zero attached hydrogens (tertiary/aromatic N) is 3. The molecule has 45 heavy (non-hydrogen) atoms. The summed E-state index contributed by atoms with van der Waals surface area (Å²) in [6.07, 6.45) is 2.26. The van der Waals surface area contributed by atoms with Crippen LogP contribution in [0, 0.1) is 13.8 Å². The number of methoxy groups -OCH3 is 1. The SMILES string of the molecule is CC.CCOC(=O)Cc1sc(CC(=O)N2CCC(c3nc(-c4cc(C(C)(C)C)c(OC)c(C(C)(C)C)c4)c(C)s3)CC2)nc1C. The first kappa shape index (κ1) is 36.7. The molecule has 1 aliphatic heterocycles. The van der Waals surface area contributed by atoms with Gasteiger partial charge in [-0.25, -0.2) is 9.97 Å². The topological polar surface area (TPSA) is 81.6 Å². The lowest BCUT2D eigenvalue weighted by Crippen LogP contribution is -2.38. The van der Waals surface area contributed by atoms with Gasteiger partial charge in [0.15, 0.2) is 0 Å². The number of benzene rings is 1. The molecule has 0 aliphatic carbocycles. The molecule has 1 fully saturated rings. The molecule has 3 aromatic rings. The number of aromatic nitrogens is 2. The van der Waals surface area contributed by atoms with Crippen molar-refractivity contribution in [3.63, 3.8) is 0 Å². The van der Waals surface area contributed by atoms with Crippen LogP contribution in [0.15, 0.2) is 12.1 Å². The zero-order chi connectivity index (χ0) is 33.7. The molecule has 2 aromatic heterocycles. The Hall–Kier alpha value is -2.78. The molecule has 3 heterocycles. The van der Waals surface area contributed by atoms with Crippen molar-refractivity contribution in [1.82, 2.24) is 14.9 Å². The standard InChI is InChI=1S/C34H47N3O4S2.C2H6/c1-11-41-29(39)18-26-20(2)35-27(43-26)19-28(38)37-14-12-22(13-15-37)32-36-30(21(3)42-32)23-16-24(33(4,5)6)31(40-10)25(17-23)34(7,8)9;1-2/h16-17,22H,11-15,18-19H2,1-10H3;1-2H3. The molecule has 0 atom stereocenters. The Morgan fingerprint density at radius 3 is 2.02 bits per heavy atom. The quantitative estimate of drug-likeness (QED) is 0.226. The molecule has 0 radical (unpaired) electrons. The second-order valence-electron chi connectivity index (χ2n) is 13.5. The van der Waals surface area contributed by atoms with Crippen molar-refractivity contribution in [2.45, 2.75) is 119 Å². The van der Waals surface area contributed by atoms with E-state index in [1.165, 1.54) is 27.3 Å². The summed E-state index contributed by atoms with van der Waals surface area (Å²) in [5, 5.41) is 1.91. The van der Waals surface area contributed by atoms with Crippen LogP contribution < -0.4 is 4.74 Å². The van der Waals surface area contributed by atoms with Gasteiger partial charge < -0.3 is 14.4 Å². The number of rotatable bonds is 8. The van der Waals surface area contributed by atoms with Gasteiger partial charge in [-0.1, -0.05) is 55.4 Å². The van der Waals surface area contributed by atoms with Crippen LogP contribution in [0.1, 0.15) is 118 Å². The Labute approximate surface area is 278 Å². The molecule has 7 nitrogen and oxygen atoms in total. The minimum atomic E-state index is -0.258. The first-order valence-electron chi connectivity index (χ1n) is 16.2. The van der Waals surface area contributed by atoms with Gasteiger partial charge in [0.2, 0.25) is 5.91 Å². The molecule has 1 aromatic carbocycles. The lowest BCUT2D eigenvalue weighted by atomic mass is 9.78. The number of carbonyl (C=O) groups excluding carboxylic acids is 2. The summed E-state index contributed by atoms with van der Waals surface area (Å²) in [5.41, 5.74) is 5.23. The molecule has 0 saturated carbocycles. The van der Waals surface area contributed by atoms with Crippen LogP contribution in [-0.4, -0.2) is 53.6 Å². The fourth-order valence-corrected chi connectivity index (χ4v) is 7.81. The van der Waals surface area contributed by atoms with E-state index < -0.39 is 0 Å². The third kappa shape index (κ3) is 8.94. The Morgan fingerprint density at radius 2 is 1.51 bits per heavy atom. The summed E-state index contributed by atoms with van der Waals surface area (Å²) >= 11 is 3.22. The fraction of sp³-hybridized carbons (Fsp3) is 0.611. The first-order valence-corrected chi connectivity index (χ1v) is 17.8. The summed E-state index contributed by atoms with van der Waals surface area (Å²) in [6.45, 7) is 25.0. The van der Waals surface area contributed by atoms with Gasteiger partial charge in [-0.2, -0.15) is 0 Å². The van der Waals surface area contributed by atoms with E-state index in [1.807, 2.05) is 25.7 Å². The van der Waals surface area contributed by atoms with E-state index in [1.54, 1.807) is 25.4 Å². The third-order valence-electron chi connectivity index (χ3n) is 8.04. The molecule has 1 aliphatic rings. The number of piperidine rings is 1. The molecular weight excluding hydrogens is 603 g/mol. The number of hydrogen-bond acceptors (Lipinski definition) is 8. The van der Waals surface area contributed by atoms with Gasteiger partial charge in [0.05, 0.1) is 43.0 Å². The van der Waals surface area contributed by atoms with E-state index in [9.17, 15) is 9.59 Å². The highest BCUT2D eigenvalue weighted by atomic mass is 32.1. The number of amides is 1. The van der Waals surface area contributed by atoms with Crippen molar-refractivity contribution in [1.29, 1.82) is 0 Å². The largest absolute Gasteiger partial charge is 0.496 e. The van der Waals surface area contributed by atoms with Gasteiger partial charge >= 0.3 is 5.97 Å². The zero-order valence-corrected chi connectivity index (χ0v) is 31.1. The van der Waals surface area contributed by atoms with Gasteiger partial charge in [-0.05, 0) is 56.6 Å². The number of hydrogen-bond donors (Lipinski definition) is 0. The van der Waals surface area contributed by atoms with E-state index in [0.717, 1.165) is 50.4 Å². The molecule has 9 heteroatoms. The minimum absolute atomic E-state index is 0.0761. The molecule has 0 unspecified atom stereocenters. The molecule has 1 amide bonds. The van der Waals surface area contributed by atoms with Crippen molar-refractivity contribution in [3.8, 4) is 17.0 Å². The van der Waals surface area contributed by atoms with Crippen LogP contribution in [0.4, 0.5) is 0 Å². The number of thiazole rings is 2. The van der Waals surface area contributed by atoms with E-state index in [2.05, 4.69) is 65.6 Å². The summed E-state index contributed by atoms with van der Waals surface area (Å²) in [4.78, 5) is 38.9. The van der Waals surface area contributed by atoms with E-state index >= 15 is 0 Å². The fourth-order valence-electron chi connectivity index (χ4n) is 5.65. The van der Waals surface area contributed by atoms with Crippen LogP contribution in [0.25, 0.3) is 11.3 Å². The smallest absolute Gasteiger partial charge is 0.311 e. The van der Waals surface area contributed by atoms with Crippen LogP contribution >= 0.6 is 22.7 Å². The van der Waals surface area contributed by atoms with Gasteiger partial charge in [-0.15, -0.1) is 22.7 Å².